The Hall–Kier alpha value is -0.800. The Kier molecular flexibility index (Phi) is 3.66. The Morgan fingerprint density at radius 2 is 2.19 bits per heavy atom. The van der Waals surface area contributed by atoms with E-state index in [0.717, 1.165) is 17.4 Å². The van der Waals surface area contributed by atoms with E-state index in [1.165, 1.54) is 0 Å². The molecule has 84 valence electrons. The van der Waals surface area contributed by atoms with Crippen LogP contribution in [-0.2, 0) is 0 Å². The zero-order chi connectivity index (χ0) is 11.5. The second-order valence-electron chi connectivity index (χ2n) is 3.64. The Labute approximate surface area is 108 Å². The van der Waals surface area contributed by atoms with Gasteiger partial charge in [0.05, 0.1) is 10.6 Å². The van der Waals surface area contributed by atoms with E-state index in [2.05, 4.69) is 22.0 Å². The van der Waals surface area contributed by atoms with Gasteiger partial charge in [-0.2, -0.15) is 0 Å². The predicted octanol–water partition coefficient (Wildman–Crippen LogP) is 3.50. The minimum Gasteiger partial charge on any atom is -0.335 e. The fourth-order valence-electron chi connectivity index (χ4n) is 1.66. The molecule has 0 bridgehead atoms. The van der Waals surface area contributed by atoms with Gasteiger partial charge in [0.1, 0.15) is 0 Å². The van der Waals surface area contributed by atoms with Crippen LogP contribution in [0.15, 0.2) is 34.8 Å². The molecular formula is C12H11BrClNO. The van der Waals surface area contributed by atoms with Crippen molar-refractivity contribution >= 4 is 33.4 Å². The van der Waals surface area contributed by atoms with E-state index in [9.17, 15) is 4.79 Å². The van der Waals surface area contributed by atoms with Crippen molar-refractivity contribution in [3.05, 3.63) is 45.4 Å². The third-order valence-corrected chi connectivity index (χ3v) is 3.33. The van der Waals surface area contributed by atoms with Crippen LogP contribution in [0.4, 0.5) is 0 Å². The summed E-state index contributed by atoms with van der Waals surface area (Å²) in [6.07, 6.45) is 5.01. The molecule has 1 aromatic rings. The number of nitrogens with zero attached hydrogens (tertiary/aromatic N) is 1. The summed E-state index contributed by atoms with van der Waals surface area (Å²) in [5.41, 5.74) is 0.561. The molecule has 1 aromatic carbocycles. The van der Waals surface area contributed by atoms with Gasteiger partial charge in [-0.1, -0.05) is 39.7 Å². The first-order valence-corrected chi connectivity index (χ1v) is 6.25. The largest absolute Gasteiger partial charge is 0.335 e. The lowest BCUT2D eigenvalue weighted by Gasteiger charge is -2.23. The standard InChI is InChI=1S/C12H11BrClNO/c13-9-4-5-11(14)10(8-9)12(16)15-6-2-1-3-7-15/h1-2,4-5,8H,3,6-7H2. The number of rotatable bonds is 1. The van der Waals surface area contributed by atoms with Gasteiger partial charge in [0.25, 0.3) is 5.91 Å². The smallest absolute Gasteiger partial charge is 0.255 e. The lowest BCUT2D eigenvalue weighted by Crippen LogP contribution is -2.33. The van der Waals surface area contributed by atoms with Gasteiger partial charge in [0.2, 0.25) is 0 Å². The van der Waals surface area contributed by atoms with Gasteiger partial charge in [0, 0.05) is 17.6 Å². The average Bonchev–Trinajstić information content (AvgIpc) is 2.32. The number of amides is 1. The average molecular weight is 301 g/mol. The molecule has 0 fully saturated rings. The van der Waals surface area contributed by atoms with Crippen LogP contribution < -0.4 is 0 Å². The molecule has 2 rings (SSSR count). The van der Waals surface area contributed by atoms with Crippen molar-refractivity contribution in [3.63, 3.8) is 0 Å². The third-order valence-electron chi connectivity index (χ3n) is 2.50. The maximum atomic E-state index is 12.2. The molecule has 1 aliphatic rings. The van der Waals surface area contributed by atoms with Crippen LogP contribution in [0.2, 0.25) is 5.02 Å². The number of carbonyl (C=O) groups excluding carboxylic acids is 1. The van der Waals surface area contributed by atoms with E-state index in [4.69, 9.17) is 11.6 Å². The maximum Gasteiger partial charge on any atom is 0.255 e. The molecular weight excluding hydrogens is 289 g/mol. The minimum atomic E-state index is -0.00403. The summed E-state index contributed by atoms with van der Waals surface area (Å²) in [5, 5.41) is 0.503. The number of hydrogen-bond acceptors (Lipinski definition) is 1. The molecule has 0 saturated carbocycles. The van der Waals surface area contributed by atoms with Crippen LogP contribution in [0.25, 0.3) is 0 Å². The highest BCUT2D eigenvalue weighted by molar-refractivity contribution is 9.10. The summed E-state index contributed by atoms with van der Waals surface area (Å²) >= 11 is 9.37. The van der Waals surface area contributed by atoms with Crippen molar-refractivity contribution in [2.24, 2.45) is 0 Å². The number of carbonyl (C=O) groups is 1. The molecule has 1 heterocycles. The van der Waals surface area contributed by atoms with E-state index < -0.39 is 0 Å². The van der Waals surface area contributed by atoms with Gasteiger partial charge < -0.3 is 4.90 Å². The van der Waals surface area contributed by atoms with Crippen molar-refractivity contribution in [1.82, 2.24) is 4.90 Å². The summed E-state index contributed by atoms with van der Waals surface area (Å²) in [6.45, 7) is 1.43. The number of halogens is 2. The highest BCUT2D eigenvalue weighted by atomic mass is 79.9. The van der Waals surface area contributed by atoms with Crippen LogP contribution in [-0.4, -0.2) is 23.9 Å². The second-order valence-corrected chi connectivity index (χ2v) is 4.96. The van der Waals surface area contributed by atoms with Crippen molar-refractivity contribution in [2.75, 3.05) is 13.1 Å². The molecule has 0 atom stereocenters. The van der Waals surface area contributed by atoms with Gasteiger partial charge in [-0.05, 0) is 24.6 Å². The molecule has 0 unspecified atom stereocenters. The Balaban J connectivity index is 2.26. The number of benzene rings is 1. The van der Waals surface area contributed by atoms with E-state index in [1.807, 2.05) is 12.1 Å². The van der Waals surface area contributed by atoms with Crippen molar-refractivity contribution < 1.29 is 4.79 Å². The molecule has 0 spiro atoms. The summed E-state index contributed by atoms with van der Waals surface area (Å²) in [7, 11) is 0. The van der Waals surface area contributed by atoms with Crippen LogP contribution in [0, 0.1) is 0 Å². The molecule has 1 aliphatic heterocycles. The zero-order valence-corrected chi connectivity index (χ0v) is 11.0. The first-order chi connectivity index (χ1) is 7.68. The molecule has 0 aliphatic carbocycles. The quantitative estimate of drug-likeness (QED) is 0.727. The molecule has 16 heavy (non-hydrogen) atoms. The molecule has 2 nitrogen and oxygen atoms in total. The van der Waals surface area contributed by atoms with Gasteiger partial charge >= 0.3 is 0 Å². The zero-order valence-electron chi connectivity index (χ0n) is 8.62. The van der Waals surface area contributed by atoms with Gasteiger partial charge in [-0.25, -0.2) is 0 Å². The lowest BCUT2D eigenvalue weighted by molar-refractivity contribution is 0.0771. The predicted molar refractivity (Wildman–Crippen MR) is 68.8 cm³/mol. The topological polar surface area (TPSA) is 20.3 Å². The van der Waals surface area contributed by atoms with Crippen molar-refractivity contribution in [2.45, 2.75) is 6.42 Å². The van der Waals surface area contributed by atoms with E-state index >= 15 is 0 Å². The first-order valence-electron chi connectivity index (χ1n) is 5.08. The molecule has 4 heteroatoms. The lowest BCUT2D eigenvalue weighted by atomic mass is 10.1. The Bertz CT molecular complexity index is 445. The summed E-state index contributed by atoms with van der Waals surface area (Å²) in [6, 6.07) is 5.33. The monoisotopic (exact) mass is 299 g/mol. The summed E-state index contributed by atoms with van der Waals surface area (Å²) in [4.78, 5) is 14.0. The normalized spacial score (nSPS) is 15.2. The highest BCUT2D eigenvalue weighted by Gasteiger charge is 2.18. The van der Waals surface area contributed by atoms with Crippen LogP contribution in [0.3, 0.4) is 0 Å². The Morgan fingerprint density at radius 3 is 2.88 bits per heavy atom. The summed E-state index contributed by atoms with van der Waals surface area (Å²) < 4.78 is 0.868. The molecule has 0 N–H and O–H groups in total. The van der Waals surface area contributed by atoms with E-state index in [-0.39, 0.29) is 5.91 Å². The van der Waals surface area contributed by atoms with Gasteiger partial charge in [-0.15, -0.1) is 0 Å². The third kappa shape index (κ3) is 2.47. The second kappa shape index (κ2) is 5.02. The SMILES string of the molecule is O=C(c1cc(Br)ccc1Cl)N1CC=CCC1. The molecule has 0 aromatic heterocycles. The Morgan fingerprint density at radius 1 is 1.38 bits per heavy atom. The summed E-state index contributed by atoms with van der Waals surface area (Å²) in [5.74, 6) is -0.00403. The molecule has 0 saturated heterocycles. The fourth-order valence-corrected chi connectivity index (χ4v) is 2.22. The van der Waals surface area contributed by atoms with Gasteiger partial charge in [-0.3, -0.25) is 4.79 Å². The van der Waals surface area contributed by atoms with Crippen LogP contribution >= 0.6 is 27.5 Å². The highest BCUT2D eigenvalue weighted by Crippen LogP contribution is 2.23. The van der Waals surface area contributed by atoms with E-state index in [1.54, 1.807) is 17.0 Å². The van der Waals surface area contributed by atoms with Gasteiger partial charge in [0.15, 0.2) is 0 Å². The van der Waals surface area contributed by atoms with Crippen molar-refractivity contribution in [1.29, 1.82) is 0 Å². The first kappa shape index (κ1) is 11.7. The fraction of sp³-hybridized carbons (Fsp3) is 0.250. The molecule has 0 radical (unpaired) electrons. The molecule has 1 amide bonds. The van der Waals surface area contributed by atoms with Crippen LogP contribution in [0.1, 0.15) is 16.8 Å². The maximum absolute atomic E-state index is 12.2. The van der Waals surface area contributed by atoms with Crippen molar-refractivity contribution in [3.8, 4) is 0 Å². The minimum absolute atomic E-state index is 0.00403. The van der Waals surface area contributed by atoms with Crippen LogP contribution in [0.5, 0.6) is 0 Å². The number of hydrogen-bond donors (Lipinski definition) is 0. The van der Waals surface area contributed by atoms with E-state index in [0.29, 0.717) is 17.1 Å².